The number of nitrogens with one attached hydrogen (secondary N) is 1. The van der Waals surface area contributed by atoms with Gasteiger partial charge in [0.25, 0.3) is 0 Å². The van der Waals surface area contributed by atoms with Gasteiger partial charge in [0.05, 0.1) is 16.6 Å². The second-order valence-corrected chi connectivity index (χ2v) is 6.59. The van der Waals surface area contributed by atoms with Crippen LogP contribution in [-0.4, -0.2) is 9.59 Å². The van der Waals surface area contributed by atoms with Crippen LogP contribution in [-0.2, 0) is 12.8 Å². The van der Waals surface area contributed by atoms with E-state index >= 15 is 0 Å². The number of hydrogen-bond acceptors (Lipinski definition) is 6. The summed E-state index contributed by atoms with van der Waals surface area (Å²) in [7, 11) is 0. The third kappa shape index (κ3) is 3.16. The number of hydrazine groups is 1. The van der Waals surface area contributed by atoms with Gasteiger partial charge in [0.15, 0.2) is 0 Å². The Hall–Kier alpha value is -0.340. The molecular weight excluding hydrogens is 332 g/mol. The number of aromatic nitrogens is 2. The Morgan fingerprint density at radius 1 is 1.56 bits per heavy atom. The monoisotopic (exact) mass is 346 g/mol. The first-order chi connectivity index (χ1) is 8.76. The van der Waals surface area contributed by atoms with E-state index in [0.717, 1.165) is 34.3 Å². The zero-order valence-corrected chi connectivity index (χ0v) is 13.2. The fourth-order valence-corrected chi connectivity index (χ4v) is 4.09. The number of halogens is 1. The van der Waals surface area contributed by atoms with E-state index in [1.165, 1.54) is 16.4 Å². The molecule has 0 amide bonds. The summed E-state index contributed by atoms with van der Waals surface area (Å²) < 4.78 is 5.19. The van der Waals surface area contributed by atoms with Gasteiger partial charge in [-0.25, -0.2) is 0 Å². The number of nitrogens with zero attached hydrogens (tertiary/aromatic N) is 2. The fraction of sp³-hybridized carbons (Fsp3) is 0.455. The van der Waals surface area contributed by atoms with Crippen molar-refractivity contribution in [3.8, 4) is 0 Å². The van der Waals surface area contributed by atoms with Crippen molar-refractivity contribution >= 4 is 38.8 Å². The Labute approximate surface area is 123 Å². The maximum absolute atomic E-state index is 5.69. The van der Waals surface area contributed by atoms with E-state index in [2.05, 4.69) is 49.3 Å². The van der Waals surface area contributed by atoms with Crippen LogP contribution in [0.1, 0.15) is 34.8 Å². The zero-order valence-electron chi connectivity index (χ0n) is 10.0. The predicted molar refractivity (Wildman–Crippen MR) is 79.7 cm³/mol. The van der Waals surface area contributed by atoms with Crippen LogP contribution >= 0.6 is 38.8 Å². The van der Waals surface area contributed by atoms with Gasteiger partial charge < -0.3 is 0 Å². The molecule has 0 aromatic carbocycles. The average molecular weight is 347 g/mol. The molecule has 0 radical (unpaired) electrons. The normalized spacial score (nSPS) is 12.8. The van der Waals surface area contributed by atoms with E-state index in [-0.39, 0.29) is 6.04 Å². The summed E-state index contributed by atoms with van der Waals surface area (Å²) in [5.74, 6) is 5.69. The van der Waals surface area contributed by atoms with Gasteiger partial charge in [-0.3, -0.25) is 11.3 Å². The molecular formula is C11H15BrN4S2. The lowest BCUT2D eigenvalue weighted by Crippen LogP contribution is -2.29. The van der Waals surface area contributed by atoms with Gasteiger partial charge >= 0.3 is 0 Å². The molecule has 0 aliphatic carbocycles. The first-order valence-corrected chi connectivity index (χ1v) is 8.20. The average Bonchev–Trinajstić information content (AvgIpc) is 2.97. The topological polar surface area (TPSA) is 63.8 Å². The summed E-state index contributed by atoms with van der Waals surface area (Å²) in [6.45, 7) is 2.14. The second kappa shape index (κ2) is 6.72. The number of rotatable bonds is 6. The lowest BCUT2D eigenvalue weighted by molar-refractivity contribution is 0.557. The van der Waals surface area contributed by atoms with E-state index in [1.807, 2.05) is 0 Å². The van der Waals surface area contributed by atoms with Crippen LogP contribution in [0, 0.1) is 0 Å². The quantitative estimate of drug-likeness (QED) is 0.623. The Morgan fingerprint density at radius 3 is 3.00 bits per heavy atom. The van der Waals surface area contributed by atoms with Crippen molar-refractivity contribution < 1.29 is 0 Å². The van der Waals surface area contributed by atoms with Crippen LogP contribution in [0.25, 0.3) is 0 Å². The first-order valence-electron chi connectivity index (χ1n) is 5.75. The van der Waals surface area contributed by atoms with E-state index in [1.54, 1.807) is 11.3 Å². The Bertz CT molecular complexity index is 497. The fourth-order valence-electron chi connectivity index (χ4n) is 1.77. The van der Waals surface area contributed by atoms with Crippen LogP contribution in [0.5, 0.6) is 0 Å². The Morgan fingerprint density at radius 2 is 2.39 bits per heavy atom. The molecule has 3 N–H and O–H groups in total. The SMILES string of the molecule is CCCc1nnsc1C(Cc1sccc1Br)NN. The molecule has 1 unspecified atom stereocenters. The van der Waals surface area contributed by atoms with Crippen molar-refractivity contribution in [3.05, 3.63) is 31.4 Å². The summed E-state index contributed by atoms with van der Waals surface area (Å²) in [5, 5.41) is 6.27. The van der Waals surface area contributed by atoms with Gasteiger partial charge in [0, 0.05) is 15.8 Å². The molecule has 0 spiro atoms. The maximum atomic E-state index is 5.69. The third-order valence-corrected chi connectivity index (χ3v) is 5.50. The molecule has 0 fully saturated rings. The lowest BCUT2D eigenvalue weighted by Gasteiger charge is -2.14. The van der Waals surface area contributed by atoms with Crippen LogP contribution in [0.2, 0.25) is 0 Å². The first kappa shape index (κ1) is 14.1. The van der Waals surface area contributed by atoms with Gasteiger partial charge in [-0.1, -0.05) is 17.8 Å². The highest BCUT2D eigenvalue weighted by molar-refractivity contribution is 9.10. The van der Waals surface area contributed by atoms with Crippen LogP contribution in [0.4, 0.5) is 0 Å². The van der Waals surface area contributed by atoms with Gasteiger partial charge in [-0.05, 0) is 45.3 Å². The van der Waals surface area contributed by atoms with Gasteiger partial charge in [-0.2, -0.15) is 0 Å². The number of aryl methyl sites for hydroxylation is 1. The van der Waals surface area contributed by atoms with E-state index < -0.39 is 0 Å². The third-order valence-electron chi connectivity index (χ3n) is 2.67. The molecule has 18 heavy (non-hydrogen) atoms. The molecule has 0 saturated heterocycles. The van der Waals surface area contributed by atoms with Gasteiger partial charge in [-0.15, -0.1) is 16.4 Å². The summed E-state index contributed by atoms with van der Waals surface area (Å²) in [4.78, 5) is 2.44. The molecule has 7 heteroatoms. The minimum absolute atomic E-state index is 0.0847. The highest BCUT2D eigenvalue weighted by Crippen LogP contribution is 2.30. The highest BCUT2D eigenvalue weighted by Gasteiger charge is 2.19. The second-order valence-electron chi connectivity index (χ2n) is 3.95. The van der Waals surface area contributed by atoms with E-state index in [4.69, 9.17) is 5.84 Å². The molecule has 0 aliphatic rings. The summed E-state index contributed by atoms with van der Waals surface area (Å²) in [5.41, 5.74) is 3.95. The molecule has 2 aromatic heterocycles. The standard InChI is InChI=1S/C11H15BrN4S2/c1-2-3-8-11(18-16-15-8)9(14-13)6-10-7(12)4-5-17-10/h4-5,9,14H,2-3,6,13H2,1H3. The Balaban J connectivity index is 2.17. The minimum atomic E-state index is 0.0847. The van der Waals surface area contributed by atoms with Gasteiger partial charge in [0.1, 0.15) is 0 Å². The molecule has 0 bridgehead atoms. The van der Waals surface area contributed by atoms with Gasteiger partial charge in [0.2, 0.25) is 0 Å². The van der Waals surface area contributed by atoms with Crippen LogP contribution in [0.15, 0.2) is 15.9 Å². The maximum Gasteiger partial charge on any atom is 0.0804 e. The van der Waals surface area contributed by atoms with Crippen molar-refractivity contribution in [2.75, 3.05) is 0 Å². The summed E-state index contributed by atoms with van der Waals surface area (Å²) in [6.07, 6.45) is 2.88. The molecule has 2 rings (SSSR count). The van der Waals surface area contributed by atoms with Crippen molar-refractivity contribution in [2.24, 2.45) is 5.84 Å². The lowest BCUT2D eigenvalue weighted by atomic mass is 10.1. The van der Waals surface area contributed by atoms with Crippen molar-refractivity contribution in [3.63, 3.8) is 0 Å². The van der Waals surface area contributed by atoms with Crippen LogP contribution < -0.4 is 11.3 Å². The Kier molecular flexibility index (Phi) is 5.25. The summed E-state index contributed by atoms with van der Waals surface area (Å²) >= 11 is 6.72. The number of nitrogens with two attached hydrogens (primary N) is 1. The zero-order chi connectivity index (χ0) is 13.0. The van der Waals surface area contributed by atoms with Crippen LogP contribution in [0.3, 0.4) is 0 Å². The highest BCUT2D eigenvalue weighted by atomic mass is 79.9. The molecule has 4 nitrogen and oxygen atoms in total. The molecule has 98 valence electrons. The molecule has 2 aromatic rings. The summed E-state index contributed by atoms with van der Waals surface area (Å²) in [6, 6.07) is 2.15. The molecule has 0 saturated carbocycles. The van der Waals surface area contributed by atoms with Crippen molar-refractivity contribution in [1.82, 2.24) is 15.0 Å². The minimum Gasteiger partial charge on any atom is -0.271 e. The van der Waals surface area contributed by atoms with E-state index in [0.29, 0.717) is 0 Å². The molecule has 2 heterocycles. The number of hydrogen-bond donors (Lipinski definition) is 2. The van der Waals surface area contributed by atoms with Crippen molar-refractivity contribution in [1.29, 1.82) is 0 Å². The molecule has 0 aliphatic heterocycles. The smallest absolute Gasteiger partial charge is 0.0804 e. The van der Waals surface area contributed by atoms with E-state index in [9.17, 15) is 0 Å². The predicted octanol–water partition coefficient (Wildman–Crippen LogP) is 3.06. The van der Waals surface area contributed by atoms with Crippen molar-refractivity contribution in [2.45, 2.75) is 32.2 Å². The largest absolute Gasteiger partial charge is 0.271 e. The molecule has 1 atom stereocenters. The number of thiophene rings is 1.